The SMILES string of the molecule is CCCCCCCCCC/C=C\CCCCCCCCCCCCCCCCCCCC(=O)NC(CO)C(O)CCCCCCCCCCCC. The minimum atomic E-state index is -0.653. The Balaban J connectivity index is 3.39. The number of hydrogen-bond donors (Lipinski definition) is 3. The predicted octanol–water partition coefficient (Wildman–Crippen LogP) is 14.6. The van der Waals surface area contributed by atoms with Crippen LogP contribution in [0, 0.1) is 0 Å². The third kappa shape index (κ3) is 40.2. The van der Waals surface area contributed by atoms with Gasteiger partial charge in [-0.05, 0) is 38.5 Å². The van der Waals surface area contributed by atoms with E-state index in [1.807, 2.05) is 0 Å². The molecule has 0 fully saturated rings. The van der Waals surface area contributed by atoms with Crippen LogP contribution in [0.25, 0.3) is 0 Å². The van der Waals surface area contributed by atoms with Gasteiger partial charge in [0.25, 0.3) is 0 Å². The predicted molar refractivity (Wildman–Crippen MR) is 226 cm³/mol. The van der Waals surface area contributed by atoms with Crippen molar-refractivity contribution < 1.29 is 15.0 Å². The molecule has 304 valence electrons. The van der Waals surface area contributed by atoms with Crippen molar-refractivity contribution in [3.63, 3.8) is 0 Å². The lowest BCUT2D eigenvalue weighted by Crippen LogP contribution is -2.45. The molecule has 1 amide bonds. The molecular weight excluding hydrogens is 627 g/mol. The average Bonchev–Trinajstić information content (AvgIpc) is 3.13. The fourth-order valence-electron chi connectivity index (χ4n) is 7.42. The first-order valence-electron chi connectivity index (χ1n) is 23.4. The molecular formula is C47H93NO3. The third-order valence-corrected chi connectivity index (χ3v) is 11.0. The molecule has 51 heavy (non-hydrogen) atoms. The van der Waals surface area contributed by atoms with Crippen molar-refractivity contribution in [2.45, 2.75) is 276 Å². The van der Waals surface area contributed by atoms with Gasteiger partial charge in [-0.25, -0.2) is 0 Å². The Hall–Kier alpha value is -0.870. The number of amides is 1. The highest BCUT2D eigenvalue weighted by molar-refractivity contribution is 5.76. The first kappa shape index (κ1) is 50.1. The molecule has 0 saturated heterocycles. The van der Waals surface area contributed by atoms with Crippen molar-refractivity contribution in [1.29, 1.82) is 0 Å². The van der Waals surface area contributed by atoms with Crippen LogP contribution in [-0.2, 0) is 4.79 Å². The van der Waals surface area contributed by atoms with Crippen LogP contribution in [0.2, 0.25) is 0 Å². The molecule has 4 nitrogen and oxygen atoms in total. The van der Waals surface area contributed by atoms with Gasteiger partial charge in [0.15, 0.2) is 0 Å². The highest BCUT2D eigenvalue weighted by Gasteiger charge is 2.20. The van der Waals surface area contributed by atoms with E-state index in [0.29, 0.717) is 12.8 Å². The zero-order valence-electron chi connectivity index (χ0n) is 34.9. The molecule has 0 aromatic carbocycles. The van der Waals surface area contributed by atoms with E-state index in [1.165, 1.54) is 212 Å². The summed E-state index contributed by atoms with van der Waals surface area (Å²) in [6.07, 6.45) is 54.6. The van der Waals surface area contributed by atoms with Crippen molar-refractivity contribution in [1.82, 2.24) is 5.32 Å². The smallest absolute Gasteiger partial charge is 0.220 e. The number of aliphatic hydroxyl groups is 2. The molecule has 0 rings (SSSR count). The average molecular weight is 720 g/mol. The molecule has 4 heteroatoms. The van der Waals surface area contributed by atoms with Crippen molar-refractivity contribution in [2.24, 2.45) is 0 Å². The normalized spacial score (nSPS) is 12.9. The van der Waals surface area contributed by atoms with Crippen LogP contribution in [0.1, 0.15) is 264 Å². The summed E-state index contributed by atoms with van der Waals surface area (Å²) in [6.45, 7) is 4.36. The van der Waals surface area contributed by atoms with E-state index in [2.05, 4.69) is 31.3 Å². The lowest BCUT2D eigenvalue weighted by molar-refractivity contribution is -0.123. The molecule has 3 N–H and O–H groups in total. The molecule has 2 unspecified atom stereocenters. The standard InChI is InChI=1S/C47H93NO3/c1-3-5-7-9-11-13-15-16-17-18-19-20-21-22-23-24-25-26-27-28-29-30-31-32-33-35-37-39-41-43-47(51)48-45(44-49)46(50)42-40-38-36-34-14-12-10-8-6-4-2/h18-19,45-46,49-50H,3-17,20-44H2,1-2H3,(H,48,51)/b19-18-. The quantitative estimate of drug-likeness (QED) is 0.0434. The number of unbranched alkanes of at least 4 members (excludes halogenated alkanes) is 34. The van der Waals surface area contributed by atoms with Crippen LogP contribution in [0.3, 0.4) is 0 Å². The number of aliphatic hydroxyl groups excluding tert-OH is 2. The number of nitrogens with one attached hydrogen (secondary N) is 1. The Morgan fingerprint density at radius 1 is 0.451 bits per heavy atom. The summed E-state index contributed by atoms with van der Waals surface area (Å²) >= 11 is 0. The van der Waals surface area contributed by atoms with E-state index in [0.717, 1.165) is 25.7 Å². The number of hydrogen-bond acceptors (Lipinski definition) is 3. The maximum atomic E-state index is 12.4. The highest BCUT2D eigenvalue weighted by Crippen LogP contribution is 2.16. The minimum Gasteiger partial charge on any atom is -0.394 e. The molecule has 0 radical (unpaired) electrons. The molecule has 0 aliphatic rings. The largest absolute Gasteiger partial charge is 0.394 e. The first-order valence-corrected chi connectivity index (χ1v) is 23.4. The van der Waals surface area contributed by atoms with E-state index >= 15 is 0 Å². The Bertz CT molecular complexity index is 695. The van der Waals surface area contributed by atoms with E-state index in [-0.39, 0.29) is 12.5 Å². The van der Waals surface area contributed by atoms with Crippen LogP contribution in [-0.4, -0.2) is 34.9 Å². The summed E-state index contributed by atoms with van der Waals surface area (Å²) in [6, 6.07) is -0.530. The first-order chi connectivity index (χ1) is 25.2. The number of allylic oxidation sites excluding steroid dienone is 2. The molecule has 0 bridgehead atoms. The lowest BCUT2D eigenvalue weighted by atomic mass is 10.0. The van der Waals surface area contributed by atoms with Gasteiger partial charge in [-0.3, -0.25) is 4.79 Å². The zero-order chi connectivity index (χ0) is 37.1. The third-order valence-electron chi connectivity index (χ3n) is 11.0. The van der Waals surface area contributed by atoms with Gasteiger partial charge < -0.3 is 15.5 Å². The van der Waals surface area contributed by atoms with E-state index in [9.17, 15) is 15.0 Å². The molecule has 0 aliphatic carbocycles. The van der Waals surface area contributed by atoms with Crippen LogP contribution >= 0.6 is 0 Å². The summed E-state index contributed by atoms with van der Waals surface area (Å²) in [7, 11) is 0. The molecule has 0 spiro atoms. The van der Waals surface area contributed by atoms with E-state index in [1.54, 1.807) is 0 Å². The van der Waals surface area contributed by atoms with Gasteiger partial charge in [0, 0.05) is 6.42 Å². The summed E-state index contributed by atoms with van der Waals surface area (Å²) in [5, 5.41) is 23.1. The van der Waals surface area contributed by atoms with Gasteiger partial charge >= 0.3 is 0 Å². The van der Waals surface area contributed by atoms with Crippen LogP contribution in [0.5, 0.6) is 0 Å². The van der Waals surface area contributed by atoms with E-state index in [4.69, 9.17) is 0 Å². The summed E-state index contributed by atoms with van der Waals surface area (Å²) in [5.74, 6) is -0.0288. The van der Waals surface area contributed by atoms with E-state index < -0.39 is 12.1 Å². The Morgan fingerprint density at radius 3 is 1.08 bits per heavy atom. The maximum Gasteiger partial charge on any atom is 0.220 e. The summed E-state index contributed by atoms with van der Waals surface area (Å²) in [5.41, 5.74) is 0. The van der Waals surface area contributed by atoms with Gasteiger partial charge in [-0.1, -0.05) is 231 Å². The summed E-state index contributed by atoms with van der Waals surface area (Å²) < 4.78 is 0. The second-order valence-corrected chi connectivity index (χ2v) is 16.2. The molecule has 0 aromatic rings. The fraction of sp³-hybridized carbons (Fsp3) is 0.936. The van der Waals surface area contributed by atoms with Crippen molar-refractivity contribution >= 4 is 5.91 Å². The molecule has 0 heterocycles. The minimum absolute atomic E-state index is 0.0288. The maximum absolute atomic E-state index is 12.4. The monoisotopic (exact) mass is 720 g/mol. The van der Waals surface area contributed by atoms with Crippen LogP contribution in [0.4, 0.5) is 0 Å². The van der Waals surface area contributed by atoms with Gasteiger partial charge in [0.2, 0.25) is 5.91 Å². The van der Waals surface area contributed by atoms with Gasteiger partial charge in [-0.2, -0.15) is 0 Å². The molecule has 0 saturated carbocycles. The second-order valence-electron chi connectivity index (χ2n) is 16.2. The summed E-state index contributed by atoms with van der Waals surface area (Å²) in [4.78, 5) is 12.4. The Kier molecular flexibility index (Phi) is 42.8. The number of rotatable bonds is 43. The lowest BCUT2D eigenvalue weighted by Gasteiger charge is -2.22. The van der Waals surface area contributed by atoms with Crippen molar-refractivity contribution in [2.75, 3.05) is 6.61 Å². The highest BCUT2D eigenvalue weighted by atomic mass is 16.3. The van der Waals surface area contributed by atoms with Crippen molar-refractivity contribution in [3.05, 3.63) is 12.2 Å². The van der Waals surface area contributed by atoms with Gasteiger partial charge in [0.05, 0.1) is 18.8 Å². The second kappa shape index (κ2) is 43.5. The van der Waals surface area contributed by atoms with Gasteiger partial charge in [-0.15, -0.1) is 0 Å². The molecule has 2 atom stereocenters. The zero-order valence-corrected chi connectivity index (χ0v) is 34.9. The number of carbonyl (C=O) groups is 1. The topological polar surface area (TPSA) is 69.6 Å². The number of carbonyl (C=O) groups excluding carboxylic acids is 1. The Morgan fingerprint density at radius 2 is 0.745 bits per heavy atom. The van der Waals surface area contributed by atoms with Gasteiger partial charge in [0.1, 0.15) is 0 Å². The van der Waals surface area contributed by atoms with Crippen molar-refractivity contribution in [3.8, 4) is 0 Å². The molecule has 0 aromatic heterocycles. The fourth-order valence-corrected chi connectivity index (χ4v) is 7.42. The van der Waals surface area contributed by atoms with Crippen LogP contribution < -0.4 is 5.32 Å². The Labute approximate surface area is 320 Å². The molecule has 0 aliphatic heterocycles. The van der Waals surface area contributed by atoms with Crippen LogP contribution in [0.15, 0.2) is 12.2 Å².